The Labute approximate surface area is 101 Å². The Kier molecular flexibility index (Phi) is 3.26. The Hall–Kier alpha value is -2.00. The highest BCUT2D eigenvalue weighted by Gasteiger charge is 2.27. The maximum atomic E-state index is 11.9. The molecule has 1 heterocycles. The molecule has 0 saturated heterocycles. The van der Waals surface area contributed by atoms with Crippen LogP contribution in [-0.4, -0.2) is 17.4 Å². The van der Waals surface area contributed by atoms with Gasteiger partial charge in [0.25, 0.3) is 0 Å². The van der Waals surface area contributed by atoms with Crippen LogP contribution in [0.3, 0.4) is 0 Å². The molecule has 1 aromatic heterocycles. The zero-order valence-electron chi connectivity index (χ0n) is 9.24. The lowest BCUT2D eigenvalue weighted by Crippen LogP contribution is -2.18. The van der Waals surface area contributed by atoms with Crippen LogP contribution in [0.5, 0.6) is 0 Å². The molecule has 18 heavy (non-hydrogen) atoms. The molecule has 0 amide bonds. The standard InChI is InChI=1S/C12H9F3N2O/c13-12(14,15)7-18-8-17-4-3-10-5-9(6-16)1-2-11(10)17/h1-5H,7-8H2. The Morgan fingerprint density at radius 3 is 2.72 bits per heavy atom. The van der Waals surface area contributed by atoms with Gasteiger partial charge >= 0.3 is 6.18 Å². The fourth-order valence-electron chi connectivity index (χ4n) is 1.64. The summed E-state index contributed by atoms with van der Waals surface area (Å²) in [6, 6.07) is 8.71. The molecule has 3 nitrogen and oxygen atoms in total. The Morgan fingerprint density at radius 1 is 1.28 bits per heavy atom. The highest BCUT2D eigenvalue weighted by molar-refractivity contribution is 5.81. The van der Waals surface area contributed by atoms with Crippen LogP contribution in [-0.2, 0) is 11.5 Å². The molecule has 94 valence electrons. The van der Waals surface area contributed by atoms with Crippen molar-refractivity contribution in [3.05, 3.63) is 36.0 Å². The van der Waals surface area contributed by atoms with Gasteiger partial charge in [-0.3, -0.25) is 0 Å². The average molecular weight is 254 g/mol. The third-order valence-corrected chi connectivity index (χ3v) is 2.40. The fraction of sp³-hybridized carbons (Fsp3) is 0.250. The van der Waals surface area contributed by atoms with Gasteiger partial charge in [-0.1, -0.05) is 0 Å². The van der Waals surface area contributed by atoms with E-state index in [0.717, 1.165) is 10.9 Å². The van der Waals surface area contributed by atoms with E-state index in [1.54, 1.807) is 35.0 Å². The van der Waals surface area contributed by atoms with E-state index in [0.29, 0.717) is 5.56 Å². The molecule has 0 fully saturated rings. The van der Waals surface area contributed by atoms with E-state index in [1.165, 1.54) is 0 Å². The summed E-state index contributed by atoms with van der Waals surface area (Å²) >= 11 is 0. The molecule has 0 spiro atoms. The van der Waals surface area contributed by atoms with Gasteiger partial charge < -0.3 is 9.30 Å². The highest BCUT2D eigenvalue weighted by atomic mass is 19.4. The second-order valence-corrected chi connectivity index (χ2v) is 3.76. The second-order valence-electron chi connectivity index (χ2n) is 3.76. The largest absolute Gasteiger partial charge is 0.411 e. The molecule has 0 N–H and O–H groups in total. The van der Waals surface area contributed by atoms with E-state index < -0.39 is 12.8 Å². The molecule has 0 unspecified atom stereocenters. The minimum Gasteiger partial charge on any atom is -0.351 e. The van der Waals surface area contributed by atoms with Crippen molar-refractivity contribution in [2.45, 2.75) is 12.9 Å². The number of hydrogen-bond acceptors (Lipinski definition) is 2. The zero-order valence-corrected chi connectivity index (χ0v) is 9.24. The van der Waals surface area contributed by atoms with E-state index in [1.807, 2.05) is 6.07 Å². The Bertz CT molecular complexity index is 595. The van der Waals surface area contributed by atoms with Crippen molar-refractivity contribution in [1.29, 1.82) is 5.26 Å². The second kappa shape index (κ2) is 4.70. The molecule has 0 bridgehead atoms. The summed E-state index contributed by atoms with van der Waals surface area (Å²) in [6.07, 6.45) is -2.70. The first-order valence-electron chi connectivity index (χ1n) is 5.13. The van der Waals surface area contributed by atoms with Crippen LogP contribution < -0.4 is 0 Å². The first-order chi connectivity index (χ1) is 8.49. The number of alkyl halides is 3. The molecule has 0 atom stereocenters. The Balaban J connectivity index is 2.13. The predicted octanol–water partition coefficient (Wildman–Crippen LogP) is 3.05. The van der Waals surface area contributed by atoms with Gasteiger partial charge in [-0.15, -0.1) is 0 Å². The maximum Gasteiger partial charge on any atom is 0.411 e. The molecule has 1 aromatic carbocycles. The van der Waals surface area contributed by atoms with Gasteiger partial charge in [0.2, 0.25) is 0 Å². The quantitative estimate of drug-likeness (QED) is 0.844. The van der Waals surface area contributed by atoms with E-state index in [2.05, 4.69) is 4.74 Å². The van der Waals surface area contributed by atoms with Gasteiger partial charge in [-0.2, -0.15) is 18.4 Å². The molecular weight excluding hydrogens is 245 g/mol. The third kappa shape index (κ3) is 2.81. The van der Waals surface area contributed by atoms with Crippen LogP contribution in [0.4, 0.5) is 13.2 Å². The lowest BCUT2D eigenvalue weighted by molar-refractivity contribution is -0.181. The average Bonchev–Trinajstić information content (AvgIpc) is 2.70. The molecule has 2 rings (SSSR count). The van der Waals surface area contributed by atoms with Crippen molar-refractivity contribution in [3.8, 4) is 6.07 Å². The summed E-state index contributed by atoms with van der Waals surface area (Å²) in [7, 11) is 0. The summed E-state index contributed by atoms with van der Waals surface area (Å²) in [6.45, 7) is -1.45. The smallest absolute Gasteiger partial charge is 0.351 e. The van der Waals surface area contributed by atoms with Gasteiger partial charge in [0.1, 0.15) is 13.3 Å². The Morgan fingerprint density at radius 2 is 2.06 bits per heavy atom. The minimum atomic E-state index is -4.32. The van der Waals surface area contributed by atoms with Crippen molar-refractivity contribution < 1.29 is 17.9 Å². The van der Waals surface area contributed by atoms with E-state index in [4.69, 9.17) is 5.26 Å². The monoisotopic (exact) mass is 254 g/mol. The maximum absolute atomic E-state index is 11.9. The highest BCUT2D eigenvalue weighted by Crippen LogP contribution is 2.19. The molecule has 0 aliphatic rings. The van der Waals surface area contributed by atoms with Gasteiger partial charge in [-0.05, 0) is 24.3 Å². The van der Waals surface area contributed by atoms with Crippen molar-refractivity contribution in [2.24, 2.45) is 0 Å². The van der Waals surface area contributed by atoms with Crippen LogP contribution >= 0.6 is 0 Å². The predicted molar refractivity (Wildman–Crippen MR) is 58.7 cm³/mol. The van der Waals surface area contributed by atoms with Crippen LogP contribution in [0.1, 0.15) is 5.56 Å². The van der Waals surface area contributed by atoms with Crippen molar-refractivity contribution >= 4 is 10.9 Å². The first-order valence-corrected chi connectivity index (χ1v) is 5.13. The number of nitriles is 1. The summed E-state index contributed by atoms with van der Waals surface area (Å²) < 4.78 is 41.9. The number of rotatable bonds is 3. The van der Waals surface area contributed by atoms with Crippen molar-refractivity contribution in [1.82, 2.24) is 4.57 Å². The number of halogens is 3. The van der Waals surface area contributed by atoms with Crippen LogP contribution in [0.15, 0.2) is 30.5 Å². The summed E-state index contributed by atoms with van der Waals surface area (Å²) in [4.78, 5) is 0. The minimum absolute atomic E-state index is 0.172. The van der Waals surface area contributed by atoms with Crippen molar-refractivity contribution in [3.63, 3.8) is 0 Å². The number of nitrogens with zero attached hydrogens (tertiary/aromatic N) is 2. The first kappa shape index (κ1) is 12.5. The van der Waals surface area contributed by atoms with E-state index in [-0.39, 0.29) is 6.73 Å². The number of benzene rings is 1. The lowest BCUT2D eigenvalue weighted by atomic mass is 10.2. The summed E-state index contributed by atoms with van der Waals surface area (Å²) in [5.41, 5.74) is 1.24. The summed E-state index contributed by atoms with van der Waals surface area (Å²) in [5, 5.41) is 9.52. The van der Waals surface area contributed by atoms with Crippen LogP contribution in [0, 0.1) is 11.3 Å². The molecule has 2 aromatic rings. The number of hydrogen-bond donors (Lipinski definition) is 0. The topological polar surface area (TPSA) is 38.0 Å². The lowest BCUT2D eigenvalue weighted by Gasteiger charge is -2.09. The third-order valence-electron chi connectivity index (χ3n) is 2.40. The van der Waals surface area contributed by atoms with E-state index >= 15 is 0 Å². The normalized spacial score (nSPS) is 11.7. The molecule has 0 radical (unpaired) electrons. The van der Waals surface area contributed by atoms with Gasteiger partial charge in [0.05, 0.1) is 17.1 Å². The van der Waals surface area contributed by atoms with Crippen LogP contribution in [0.25, 0.3) is 10.9 Å². The van der Waals surface area contributed by atoms with E-state index in [9.17, 15) is 13.2 Å². The fourth-order valence-corrected chi connectivity index (χ4v) is 1.64. The van der Waals surface area contributed by atoms with Gasteiger partial charge in [-0.25, -0.2) is 0 Å². The molecule has 6 heteroatoms. The SMILES string of the molecule is N#Cc1ccc2c(ccn2COCC(F)(F)F)c1. The number of fused-ring (bicyclic) bond motifs is 1. The molecule has 0 aliphatic heterocycles. The number of aromatic nitrogens is 1. The van der Waals surface area contributed by atoms with Gasteiger partial charge in [0.15, 0.2) is 0 Å². The molecule has 0 aliphatic carbocycles. The summed E-state index contributed by atoms with van der Waals surface area (Å²) in [5.74, 6) is 0. The van der Waals surface area contributed by atoms with Crippen molar-refractivity contribution in [2.75, 3.05) is 6.61 Å². The molecular formula is C12H9F3N2O. The van der Waals surface area contributed by atoms with Gasteiger partial charge in [0, 0.05) is 11.6 Å². The number of ether oxygens (including phenoxy) is 1. The zero-order chi connectivity index (χ0) is 13.2. The molecule has 0 saturated carbocycles. The van der Waals surface area contributed by atoms with Crippen LogP contribution in [0.2, 0.25) is 0 Å².